The van der Waals surface area contributed by atoms with Crippen molar-refractivity contribution in [2.75, 3.05) is 6.61 Å². The second-order valence-corrected chi connectivity index (χ2v) is 5.61. The molecular formula is C13H23N3O. The fourth-order valence-electron chi connectivity index (χ4n) is 2.86. The van der Waals surface area contributed by atoms with E-state index in [1.807, 2.05) is 4.68 Å². The van der Waals surface area contributed by atoms with Gasteiger partial charge in [0.15, 0.2) is 0 Å². The van der Waals surface area contributed by atoms with Crippen molar-refractivity contribution in [3.8, 4) is 0 Å². The van der Waals surface area contributed by atoms with Crippen LogP contribution in [0.1, 0.15) is 57.8 Å². The van der Waals surface area contributed by atoms with E-state index in [-0.39, 0.29) is 12.0 Å². The lowest BCUT2D eigenvalue weighted by molar-refractivity contribution is 0.0788. The van der Waals surface area contributed by atoms with Crippen LogP contribution < -0.4 is 0 Å². The van der Waals surface area contributed by atoms with Crippen molar-refractivity contribution in [3.63, 3.8) is 0 Å². The normalized spacial score (nSPS) is 19.8. The predicted molar refractivity (Wildman–Crippen MR) is 66.7 cm³/mol. The molecule has 0 spiro atoms. The van der Waals surface area contributed by atoms with Gasteiger partial charge >= 0.3 is 0 Å². The quantitative estimate of drug-likeness (QED) is 0.874. The van der Waals surface area contributed by atoms with Crippen molar-refractivity contribution in [2.45, 2.75) is 58.4 Å². The smallest absolute Gasteiger partial charge is 0.138 e. The minimum atomic E-state index is 0.0535. The van der Waals surface area contributed by atoms with Gasteiger partial charge in [-0.15, -0.1) is 0 Å². The van der Waals surface area contributed by atoms with Gasteiger partial charge in [0, 0.05) is 24.5 Å². The molecule has 0 amide bonds. The standard InChI is InChI=1S/C13H23N3O/c1-11(2)16-12(14-10-15-16)8-13(9-17)6-4-3-5-7-13/h10-11,17H,3-9H2,1-2H3. The highest BCUT2D eigenvalue weighted by atomic mass is 16.3. The molecule has 96 valence electrons. The molecule has 0 atom stereocenters. The van der Waals surface area contributed by atoms with Crippen LogP contribution in [-0.2, 0) is 6.42 Å². The van der Waals surface area contributed by atoms with E-state index in [4.69, 9.17) is 0 Å². The van der Waals surface area contributed by atoms with E-state index in [0.29, 0.717) is 6.04 Å². The lowest BCUT2D eigenvalue weighted by Gasteiger charge is -2.35. The largest absolute Gasteiger partial charge is 0.396 e. The summed E-state index contributed by atoms with van der Waals surface area (Å²) in [6.45, 7) is 4.51. The second-order valence-electron chi connectivity index (χ2n) is 5.61. The molecule has 1 heterocycles. The minimum Gasteiger partial charge on any atom is -0.396 e. The Kier molecular flexibility index (Phi) is 3.82. The molecule has 1 aliphatic rings. The van der Waals surface area contributed by atoms with Gasteiger partial charge in [-0.2, -0.15) is 5.10 Å². The molecule has 0 aliphatic heterocycles. The highest BCUT2D eigenvalue weighted by molar-refractivity contribution is 4.96. The van der Waals surface area contributed by atoms with Crippen LogP contribution >= 0.6 is 0 Å². The van der Waals surface area contributed by atoms with Crippen molar-refractivity contribution in [3.05, 3.63) is 12.2 Å². The molecule has 0 bridgehead atoms. The molecule has 0 radical (unpaired) electrons. The van der Waals surface area contributed by atoms with Gasteiger partial charge in [-0.05, 0) is 26.7 Å². The summed E-state index contributed by atoms with van der Waals surface area (Å²) < 4.78 is 1.98. The molecule has 1 saturated carbocycles. The first-order valence-electron chi connectivity index (χ1n) is 6.66. The highest BCUT2D eigenvalue weighted by Crippen LogP contribution is 2.38. The number of nitrogens with zero attached hydrogens (tertiary/aromatic N) is 3. The average molecular weight is 237 g/mol. The van der Waals surface area contributed by atoms with Crippen molar-refractivity contribution < 1.29 is 5.11 Å². The average Bonchev–Trinajstić information content (AvgIpc) is 2.78. The topological polar surface area (TPSA) is 50.9 Å². The molecule has 1 aromatic heterocycles. The molecule has 4 heteroatoms. The summed E-state index contributed by atoms with van der Waals surface area (Å²) in [4.78, 5) is 4.37. The summed E-state index contributed by atoms with van der Waals surface area (Å²) >= 11 is 0. The third-order valence-corrected chi connectivity index (χ3v) is 3.92. The van der Waals surface area contributed by atoms with E-state index in [1.54, 1.807) is 6.33 Å². The fourth-order valence-corrected chi connectivity index (χ4v) is 2.86. The molecule has 0 saturated heterocycles. The first-order valence-corrected chi connectivity index (χ1v) is 6.66. The van der Waals surface area contributed by atoms with Gasteiger partial charge in [0.1, 0.15) is 12.2 Å². The summed E-state index contributed by atoms with van der Waals surface area (Å²) in [5.41, 5.74) is 0.0535. The van der Waals surface area contributed by atoms with Crippen molar-refractivity contribution in [1.29, 1.82) is 0 Å². The molecule has 1 fully saturated rings. The molecule has 2 rings (SSSR count). The molecule has 1 N–H and O–H groups in total. The first-order chi connectivity index (χ1) is 8.17. The van der Waals surface area contributed by atoms with E-state index in [1.165, 1.54) is 19.3 Å². The number of aliphatic hydroxyl groups excluding tert-OH is 1. The monoisotopic (exact) mass is 237 g/mol. The lowest BCUT2D eigenvalue weighted by Crippen LogP contribution is -2.32. The van der Waals surface area contributed by atoms with Gasteiger partial charge in [-0.3, -0.25) is 0 Å². The minimum absolute atomic E-state index is 0.0535. The van der Waals surface area contributed by atoms with Crippen LogP contribution in [0.4, 0.5) is 0 Å². The Hall–Kier alpha value is -0.900. The zero-order chi connectivity index (χ0) is 12.3. The van der Waals surface area contributed by atoms with Crippen LogP contribution in [0, 0.1) is 5.41 Å². The van der Waals surface area contributed by atoms with Gasteiger partial charge in [0.05, 0.1) is 0 Å². The van der Waals surface area contributed by atoms with Crippen LogP contribution in [0.3, 0.4) is 0 Å². The molecule has 1 aliphatic carbocycles. The summed E-state index contributed by atoms with van der Waals surface area (Å²) in [6.07, 6.45) is 8.50. The number of hydrogen-bond acceptors (Lipinski definition) is 3. The van der Waals surface area contributed by atoms with Gasteiger partial charge in [-0.1, -0.05) is 19.3 Å². The highest BCUT2D eigenvalue weighted by Gasteiger charge is 2.33. The Balaban J connectivity index is 2.14. The third-order valence-electron chi connectivity index (χ3n) is 3.92. The third kappa shape index (κ3) is 2.68. The zero-order valence-corrected chi connectivity index (χ0v) is 10.9. The van der Waals surface area contributed by atoms with Crippen molar-refractivity contribution >= 4 is 0 Å². The zero-order valence-electron chi connectivity index (χ0n) is 10.9. The van der Waals surface area contributed by atoms with Gasteiger partial charge < -0.3 is 5.11 Å². The van der Waals surface area contributed by atoms with Crippen molar-refractivity contribution in [1.82, 2.24) is 14.8 Å². The van der Waals surface area contributed by atoms with Crippen LogP contribution in [0.15, 0.2) is 6.33 Å². The summed E-state index contributed by atoms with van der Waals surface area (Å²) in [5.74, 6) is 1.02. The fraction of sp³-hybridized carbons (Fsp3) is 0.846. The van der Waals surface area contributed by atoms with Crippen LogP contribution in [0.2, 0.25) is 0 Å². The van der Waals surface area contributed by atoms with Gasteiger partial charge in [0.25, 0.3) is 0 Å². The SMILES string of the molecule is CC(C)n1ncnc1CC1(CO)CCCCC1. The predicted octanol–water partition coefficient (Wildman–Crippen LogP) is 2.34. The maximum Gasteiger partial charge on any atom is 0.138 e. The Morgan fingerprint density at radius 2 is 2.06 bits per heavy atom. The molecule has 0 aromatic carbocycles. The first kappa shape index (κ1) is 12.6. The molecule has 1 aromatic rings. The summed E-state index contributed by atoms with van der Waals surface area (Å²) in [5, 5.41) is 14.0. The van der Waals surface area contributed by atoms with E-state index < -0.39 is 0 Å². The molecule has 0 unspecified atom stereocenters. The van der Waals surface area contributed by atoms with Crippen LogP contribution in [-0.4, -0.2) is 26.5 Å². The maximum atomic E-state index is 9.71. The van der Waals surface area contributed by atoms with E-state index in [2.05, 4.69) is 23.9 Å². The van der Waals surface area contributed by atoms with E-state index in [9.17, 15) is 5.11 Å². The summed E-state index contributed by atoms with van der Waals surface area (Å²) in [7, 11) is 0. The number of aliphatic hydroxyl groups is 1. The van der Waals surface area contributed by atoms with E-state index >= 15 is 0 Å². The Morgan fingerprint density at radius 1 is 1.35 bits per heavy atom. The maximum absolute atomic E-state index is 9.71. The van der Waals surface area contributed by atoms with E-state index in [0.717, 1.165) is 25.1 Å². The number of rotatable bonds is 4. The van der Waals surface area contributed by atoms with Crippen LogP contribution in [0.25, 0.3) is 0 Å². The second kappa shape index (κ2) is 5.17. The Morgan fingerprint density at radius 3 is 2.65 bits per heavy atom. The Bertz CT molecular complexity index is 353. The molecule has 4 nitrogen and oxygen atoms in total. The van der Waals surface area contributed by atoms with Gasteiger partial charge in [-0.25, -0.2) is 9.67 Å². The number of hydrogen-bond donors (Lipinski definition) is 1. The Labute approximate surface area is 103 Å². The lowest BCUT2D eigenvalue weighted by atomic mass is 9.72. The van der Waals surface area contributed by atoms with Crippen LogP contribution in [0.5, 0.6) is 0 Å². The van der Waals surface area contributed by atoms with Crippen molar-refractivity contribution in [2.24, 2.45) is 5.41 Å². The van der Waals surface area contributed by atoms with Gasteiger partial charge in [0.2, 0.25) is 0 Å². The number of aromatic nitrogens is 3. The molecular weight excluding hydrogens is 214 g/mol. The summed E-state index contributed by atoms with van der Waals surface area (Å²) in [6, 6.07) is 0.340. The molecule has 17 heavy (non-hydrogen) atoms.